The maximum Gasteiger partial charge on any atom is 0.328 e. The van der Waals surface area contributed by atoms with Crippen LogP contribution in [0.3, 0.4) is 0 Å². The van der Waals surface area contributed by atoms with Gasteiger partial charge in [-0.25, -0.2) is 13.6 Å². The summed E-state index contributed by atoms with van der Waals surface area (Å²) in [7, 11) is -3.75. The summed E-state index contributed by atoms with van der Waals surface area (Å²) >= 11 is 0. The van der Waals surface area contributed by atoms with Gasteiger partial charge in [-0.3, -0.25) is 14.4 Å². The molecule has 12 heteroatoms. The van der Waals surface area contributed by atoms with Gasteiger partial charge in [-0.1, -0.05) is 29.5 Å². The highest BCUT2D eigenvalue weighted by molar-refractivity contribution is 7.89. The molecule has 0 fully saturated rings. The van der Waals surface area contributed by atoms with Crippen molar-refractivity contribution in [3.63, 3.8) is 0 Å². The second kappa shape index (κ2) is 9.45. The Morgan fingerprint density at radius 1 is 1.10 bits per heavy atom. The van der Waals surface area contributed by atoms with Crippen LogP contribution >= 0.6 is 0 Å². The molecule has 0 unspecified atom stereocenters. The molecule has 0 aliphatic carbocycles. The first-order chi connectivity index (χ1) is 14.7. The quantitative estimate of drug-likeness (QED) is 0.432. The van der Waals surface area contributed by atoms with Gasteiger partial charge in [0, 0.05) is 6.54 Å². The Balaban J connectivity index is 1.44. The number of primary sulfonamides is 1. The Morgan fingerprint density at radius 2 is 1.81 bits per heavy atom. The molecule has 1 aromatic heterocycles. The summed E-state index contributed by atoms with van der Waals surface area (Å²) < 4.78 is 28.2. The van der Waals surface area contributed by atoms with Crippen LogP contribution < -0.4 is 16.0 Å². The number of sulfonamides is 1. The summed E-state index contributed by atoms with van der Waals surface area (Å²) in [5.74, 6) is -1.33. The summed E-state index contributed by atoms with van der Waals surface area (Å²) in [5.41, 5.74) is 0.718. The first-order valence-corrected chi connectivity index (χ1v) is 10.7. The van der Waals surface area contributed by atoms with Crippen molar-refractivity contribution in [3.8, 4) is 0 Å². The minimum Gasteiger partial charge on any atom is -0.454 e. The Bertz CT molecular complexity index is 1270. The predicted octanol–water partition coefficient (Wildman–Crippen LogP) is -0.659. The normalized spacial score (nSPS) is 11.3. The fourth-order valence-electron chi connectivity index (χ4n) is 2.68. The number of carbonyl (C=O) groups excluding carboxylic acids is 2. The fourth-order valence-corrected chi connectivity index (χ4v) is 3.20. The molecule has 0 saturated heterocycles. The Morgan fingerprint density at radius 3 is 2.52 bits per heavy atom. The molecule has 0 aliphatic heterocycles. The smallest absolute Gasteiger partial charge is 0.328 e. The molecule has 1 heterocycles. The summed E-state index contributed by atoms with van der Waals surface area (Å²) in [4.78, 5) is 36.1. The SMILES string of the molecule is NS(=O)(=O)c1ccc(CCNC(=O)COC(=O)Cn2nnc3ccccc3c2=O)cc1. The zero-order valence-electron chi connectivity index (χ0n) is 16.2. The van der Waals surface area contributed by atoms with Gasteiger partial charge in [0.1, 0.15) is 12.1 Å². The molecule has 2 aromatic carbocycles. The van der Waals surface area contributed by atoms with E-state index in [0.717, 1.165) is 10.2 Å². The van der Waals surface area contributed by atoms with Gasteiger partial charge < -0.3 is 10.1 Å². The number of ether oxygens (including phenoxy) is 1. The molecule has 0 bridgehead atoms. The number of nitrogens with one attached hydrogen (secondary N) is 1. The number of benzene rings is 2. The highest BCUT2D eigenvalue weighted by atomic mass is 32.2. The fraction of sp³-hybridized carbons (Fsp3) is 0.211. The van der Waals surface area contributed by atoms with E-state index in [2.05, 4.69) is 15.6 Å². The topological polar surface area (TPSA) is 163 Å². The standard InChI is InChI=1S/C19H19N5O6S/c20-31(28,29)14-7-5-13(6-8-14)9-10-21-17(25)12-30-18(26)11-24-19(27)15-3-1-2-4-16(15)22-23-24/h1-8H,9-12H2,(H,21,25)(H2,20,28,29). The van der Waals surface area contributed by atoms with Crippen LogP contribution in [0.25, 0.3) is 10.9 Å². The molecule has 3 aromatic rings. The first-order valence-electron chi connectivity index (χ1n) is 9.10. The van der Waals surface area contributed by atoms with Gasteiger partial charge in [-0.05, 0) is 36.2 Å². The van der Waals surface area contributed by atoms with E-state index in [1.807, 2.05) is 0 Å². The number of fused-ring (bicyclic) bond motifs is 1. The van der Waals surface area contributed by atoms with Gasteiger partial charge in [0.15, 0.2) is 6.61 Å². The molecule has 1 amide bonds. The molecule has 162 valence electrons. The maximum absolute atomic E-state index is 12.3. The molecule has 0 atom stereocenters. The Hall–Kier alpha value is -3.64. The number of hydrogen-bond acceptors (Lipinski definition) is 8. The number of carbonyl (C=O) groups is 2. The summed E-state index contributed by atoms with van der Waals surface area (Å²) in [6.45, 7) is -0.736. The lowest BCUT2D eigenvalue weighted by Gasteiger charge is -2.08. The van der Waals surface area contributed by atoms with Crippen LogP contribution in [0.1, 0.15) is 5.56 Å². The van der Waals surface area contributed by atoms with Crippen LogP contribution in [0, 0.1) is 0 Å². The molecule has 31 heavy (non-hydrogen) atoms. The minimum atomic E-state index is -3.75. The monoisotopic (exact) mass is 445 g/mol. The largest absolute Gasteiger partial charge is 0.454 e. The van der Waals surface area contributed by atoms with Gasteiger partial charge in [0.05, 0.1) is 10.3 Å². The molecule has 11 nitrogen and oxygen atoms in total. The molecule has 3 N–H and O–H groups in total. The van der Waals surface area contributed by atoms with E-state index >= 15 is 0 Å². The number of esters is 1. The summed E-state index contributed by atoms with van der Waals surface area (Å²) in [5, 5.41) is 15.5. The first kappa shape index (κ1) is 22.1. The van der Waals surface area contributed by atoms with Gasteiger partial charge in [0.25, 0.3) is 11.5 Å². The van der Waals surface area contributed by atoms with Gasteiger partial charge in [0.2, 0.25) is 10.0 Å². The highest BCUT2D eigenvalue weighted by Crippen LogP contribution is 2.09. The van der Waals surface area contributed by atoms with E-state index < -0.39 is 40.6 Å². The number of hydrogen-bond donors (Lipinski definition) is 2. The Labute approximate surface area is 176 Å². The van der Waals surface area contributed by atoms with Crippen LogP contribution in [-0.4, -0.2) is 48.4 Å². The van der Waals surface area contributed by atoms with Crippen molar-refractivity contribution in [2.45, 2.75) is 17.9 Å². The summed E-state index contributed by atoms with van der Waals surface area (Å²) in [6, 6.07) is 12.5. The minimum absolute atomic E-state index is 0.00223. The molecule has 0 saturated carbocycles. The van der Waals surface area contributed by atoms with E-state index in [1.54, 1.807) is 36.4 Å². The van der Waals surface area contributed by atoms with E-state index in [0.29, 0.717) is 17.3 Å². The molecular weight excluding hydrogens is 426 g/mol. The van der Waals surface area contributed by atoms with E-state index in [9.17, 15) is 22.8 Å². The van der Waals surface area contributed by atoms with Crippen LogP contribution in [0.5, 0.6) is 0 Å². The van der Waals surface area contributed by atoms with Crippen molar-refractivity contribution in [2.24, 2.45) is 5.14 Å². The van der Waals surface area contributed by atoms with Crippen molar-refractivity contribution >= 4 is 32.8 Å². The van der Waals surface area contributed by atoms with Gasteiger partial charge in [-0.2, -0.15) is 4.68 Å². The molecule has 0 aliphatic rings. The van der Waals surface area contributed by atoms with Gasteiger partial charge in [-0.15, -0.1) is 5.10 Å². The lowest BCUT2D eigenvalue weighted by molar-refractivity contribution is -0.149. The van der Waals surface area contributed by atoms with Gasteiger partial charge >= 0.3 is 5.97 Å². The van der Waals surface area contributed by atoms with Crippen molar-refractivity contribution < 1.29 is 22.7 Å². The third-order valence-corrected chi connectivity index (χ3v) is 5.19. The average molecular weight is 445 g/mol. The second-order valence-electron chi connectivity index (χ2n) is 6.52. The number of aromatic nitrogens is 3. The van der Waals surface area contributed by atoms with E-state index in [-0.39, 0.29) is 11.4 Å². The molecule has 3 rings (SSSR count). The lowest BCUT2D eigenvalue weighted by Crippen LogP contribution is -2.33. The highest BCUT2D eigenvalue weighted by Gasteiger charge is 2.12. The average Bonchev–Trinajstić information content (AvgIpc) is 2.74. The van der Waals surface area contributed by atoms with Crippen molar-refractivity contribution in [1.29, 1.82) is 0 Å². The molecule has 0 spiro atoms. The zero-order chi connectivity index (χ0) is 22.4. The number of rotatable bonds is 8. The number of amides is 1. The van der Waals surface area contributed by atoms with Crippen LogP contribution in [0.2, 0.25) is 0 Å². The van der Waals surface area contributed by atoms with Crippen LogP contribution in [-0.2, 0) is 37.3 Å². The lowest BCUT2D eigenvalue weighted by atomic mass is 10.1. The number of nitrogens with zero attached hydrogens (tertiary/aromatic N) is 3. The third-order valence-electron chi connectivity index (χ3n) is 4.26. The zero-order valence-corrected chi connectivity index (χ0v) is 17.0. The van der Waals surface area contributed by atoms with Crippen molar-refractivity contribution in [3.05, 3.63) is 64.4 Å². The second-order valence-corrected chi connectivity index (χ2v) is 8.08. The molecule has 0 radical (unpaired) electrons. The molecular formula is C19H19N5O6S. The Kier molecular flexibility index (Phi) is 6.72. The van der Waals surface area contributed by atoms with Crippen LogP contribution in [0.4, 0.5) is 0 Å². The summed E-state index contributed by atoms with van der Waals surface area (Å²) in [6.07, 6.45) is 0.437. The predicted molar refractivity (Wildman–Crippen MR) is 109 cm³/mol. The van der Waals surface area contributed by atoms with Crippen LogP contribution in [0.15, 0.2) is 58.2 Å². The number of nitrogens with two attached hydrogens (primary N) is 1. The van der Waals surface area contributed by atoms with E-state index in [4.69, 9.17) is 9.88 Å². The maximum atomic E-state index is 12.3. The van der Waals surface area contributed by atoms with Crippen molar-refractivity contribution in [1.82, 2.24) is 20.3 Å². The van der Waals surface area contributed by atoms with Crippen molar-refractivity contribution in [2.75, 3.05) is 13.2 Å². The third kappa shape index (κ3) is 5.93. The van der Waals surface area contributed by atoms with E-state index in [1.165, 1.54) is 12.1 Å².